The molecule has 2 aliphatic rings. The third-order valence-electron chi connectivity index (χ3n) is 10.1. The molecule has 290 valence electrons. The van der Waals surface area contributed by atoms with Crippen LogP contribution >= 0.6 is 0 Å². The molecule has 1 aliphatic heterocycles. The minimum atomic E-state index is -1.14. The van der Waals surface area contributed by atoms with Gasteiger partial charge in [-0.1, -0.05) is 49.6 Å². The number of carbonyl (C=O) groups excluding carboxylic acids is 3. The molecule has 2 fully saturated rings. The summed E-state index contributed by atoms with van der Waals surface area (Å²) in [6, 6.07) is 11.4. The molecule has 5 rings (SSSR count). The van der Waals surface area contributed by atoms with Crippen molar-refractivity contribution in [3.8, 4) is 5.75 Å². The van der Waals surface area contributed by atoms with Gasteiger partial charge in [0.15, 0.2) is 11.6 Å². The maximum atomic E-state index is 15.0. The first kappa shape index (κ1) is 40.1. The Hall–Kier alpha value is -4.11. The first-order chi connectivity index (χ1) is 25.7. The molecule has 0 spiro atoms. The highest BCUT2D eigenvalue weighted by atomic mass is 19.2. The summed E-state index contributed by atoms with van der Waals surface area (Å²) in [5, 5.41) is 6.20. The molecular formula is C39H53F2N5O7. The molecule has 1 unspecified atom stereocenters. The van der Waals surface area contributed by atoms with Crippen LogP contribution in [0.4, 0.5) is 8.78 Å². The number of rotatable bonds is 18. The van der Waals surface area contributed by atoms with Crippen LogP contribution in [0, 0.1) is 17.6 Å². The van der Waals surface area contributed by atoms with E-state index in [2.05, 4.69) is 10.6 Å². The van der Waals surface area contributed by atoms with Gasteiger partial charge in [0.1, 0.15) is 18.3 Å². The van der Waals surface area contributed by atoms with Crippen LogP contribution in [-0.2, 0) is 37.5 Å². The Balaban J connectivity index is 1.11. The molecule has 2 heterocycles. The van der Waals surface area contributed by atoms with Gasteiger partial charge in [-0.2, -0.15) is 4.39 Å². The van der Waals surface area contributed by atoms with E-state index in [1.807, 2.05) is 30.3 Å². The van der Waals surface area contributed by atoms with Crippen LogP contribution in [0.5, 0.6) is 5.75 Å². The number of ether oxygens (including phenoxy) is 4. The molecule has 1 aliphatic carbocycles. The van der Waals surface area contributed by atoms with Crippen LogP contribution in [0.15, 0.2) is 42.5 Å². The molecule has 12 nitrogen and oxygen atoms in total. The SMILES string of the molecule is CNC(C)C(=O)N[C@H](C(=O)N1CCN(C(=O)c2cc3c(OCCOCCOCCOCc4ccccc4)c(F)c(F)cc3n2C)CC1)C1CCCCC1. The minimum Gasteiger partial charge on any atom is -0.487 e. The van der Waals surface area contributed by atoms with E-state index in [1.165, 1.54) is 10.6 Å². The lowest BCUT2D eigenvalue weighted by Gasteiger charge is -2.39. The summed E-state index contributed by atoms with van der Waals surface area (Å²) in [6.07, 6.45) is 4.93. The lowest BCUT2D eigenvalue weighted by Crippen LogP contribution is -2.59. The van der Waals surface area contributed by atoms with Crippen molar-refractivity contribution in [2.45, 2.75) is 57.7 Å². The summed E-state index contributed by atoms with van der Waals surface area (Å²) >= 11 is 0. The van der Waals surface area contributed by atoms with Crippen molar-refractivity contribution in [3.05, 3.63) is 65.4 Å². The lowest BCUT2D eigenvalue weighted by molar-refractivity contribution is -0.140. The molecule has 0 radical (unpaired) electrons. The van der Waals surface area contributed by atoms with Crippen molar-refractivity contribution in [2.75, 3.05) is 72.9 Å². The minimum absolute atomic E-state index is 0.0417. The number of aromatic nitrogens is 1. The van der Waals surface area contributed by atoms with Crippen LogP contribution in [0.2, 0.25) is 0 Å². The van der Waals surface area contributed by atoms with Gasteiger partial charge in [-0.25, -0.2) is 4.39 Å². The zero-order valence-electron chi connectivity index (χ0n) is 31.0. The molecule has 2 N–H and O–H groups in total. The second-order valence-electron chi connectivity index (χ2n) is 13.6. The average Bonchev–Trinajstić information content (AvgIpc) is 3.51. The molecule has 1 saturated carbocycles. The first-order valence-corrected chi connectivity index (χ1v) is 18.6. The predicted molar refractivity (Wildman–Crippen MR) is 196 cm³/mol. The quantitative estimate of drug-likeness (QED) is 0.188. The van der Waals surface area contributed by atoms with Crippen molar-refractivity contribution in [1.29, 1.82) is 0 Å². The van der Waals surface area contributed by atoms with Gasteiger partial charge in [0.25, 0.3) is 5.91 Å². The van der Waals surface area contributed by atoms with E-state index < -0.39 is 23.7 Å². The zero-order chi connectivity index (χ0) is 37.7. The fourth-order valence-corrected chi connectivity index (χ4v) is 6.88. The van der Waals surface area contributed by atoms with Gasteiger partial charge in [0, 0.05) is 44.7 Å². The number of nitrogens with zero attached hydrogens (tertiary/aromatic N) is 3. The summed E-state index contributed by atoms with van der Waals surface area (Å²) in [6.45, 7) is 5.00. The number of aryl methyl sites for hydroxylation is 1. The number of fused-ring (bicyclic) bond motifs is 1. The zero-order valence-corrected chi connectivity index (χ0v) is 31.0. The lowest BCUT2D eigenvalue weighted by atomic mass is 9.83. The van der Waals surface area contributed by atoms with E-state index in [-0.39, 0.29) is 73.4 Å². The number of nitrogens with one attached hydrogen (secondary N) is 2. The molecule has 1 saturated heterocycles. The Morgan fingerprint density at radius 3 is 2.13 bits per heavy atom. The van der Waals surface area contributed by atoms with Gasteiger partial charge in [-0.05, 0) is 44.4 Å². The van der Waals surface area contributed by atoms with Crippen molar-refractivity contribution in [1.82, 2.24) is 25.0 Å². The van der Waals surface area contributed by atoms with E-state index in [1.54, 1.807) is 30.8 Å². The molecule has 53 heavy (non-hydrogen) atoms. The van der Waals surface area contributed by atoms with Gasteiger partial charge in [-0.3, -0.25) is 14.4 Å². The molecule has 14 heteroatoms. The Bertz CT molecular complexity index is 1660. The maximum Gasteiger partial charge on any atom is 0.270 e. The highest BCUT2D eigenvalue weighted by Crippen LogP contribution is 2.34. The molecule has 3 aromatic rings. The molecule has 3 amide bonds. The molecule has 2 aromatic carbocycles. The van der Waals surface area contributed by atoms with Crippen LogP contribution in [0.1, 0.15) is 55.1 Å². The maximum absolute atomic E-state index is 15.0. The number of piperazine rings is 1. The van der Waals surface area contributed by atoms with E-state index in [4.69, 9.17) is 18.9 Å². The van der Waals surface area contributed by atoms with Crippen LogP contribution in [0.25, 0.3) is 10.9 Å². The van der Waals surface area contributed by atoms with E-state index in [0.717, 1.165) is 43.7 Å². The third-order valence-corrected chi connectivity index (χ3v) is 10.1. The van der Waals surface area contributed by atoms with Crippen molar-refractivity contribution in [3.63, 3.8) is 0 Å². The van der Waals surface area contributed by atoms with Crippen molar-refractivity contribution >= 4 is 28.6 Å². The van der Waals surface area contributed by atoms with E-state index in [9.17, 15) is 18.8 Å². The second-order valence-corrected chi connectivity index (χ2v) is 13.6. The summed E-state index contributed by atoms with van der Waals surface area (Å²) in [5.74, 6) is -3.12. The highest BCUT2D eigenvalue weighted by Gasteiger charge is 2.36. The van der Waals surface area contributed by atoms with Gasteiger partial charge < -0.3 is 43.9 Å². The van der Waals surface area contributed by atoms with Gasteiger partial charge >= 0.3 is 0 Å². The second kappa shape index (κ2) is 19.8. The van der Waals surface area contributed by atoms with Gasteiger partial charge in [0.2, 0.25) is 17.6 Å². The van der Waals surface area contributed by atoms with Crippen molar-refractivity contribution in [2.24, 2.45) is 13.0 Å². The topological polar surface area (TPSA) is 124 Å². The van der Waals surface area contributed by atoms with Crippen LogP contribution in [0.3, 0.4) is 0 Å². The van der Waals surface area contributed by atoms with Crippen LogP contribution < -0.4 is 15.4 Å². The van der Waals surface area contributed by atoms with E-state index >= 15 is 4.39 Å². The average molecular weight is 742 g/mol. The molecule has 2 atom stereocenters. The van der Waals surface area contributed by atoms with Crippen LogP contribution in [-0.4, -0.2) is 117 Å². The Morgan fingerprint density at radius 2 is 1.47 bits per heavy atom. The molecule has 0 bridgehead atoms. The van der Waals surface area contributed by atoms with E-state index in [0.29, 0.717) is 45.0 Å². The fourth-order valence-electron chi connectivity index (χ4n) is 6.88. The summed E-state index contributed by atoms with van der Waals surface area (Å²) in [5.41, 5.74) is 1.64. The third kappa shape index (κ3) is 10.5. The number of halogens is 2. The Labute approximate surface area is 310 Å². The number of carbonyl (C=O) groups is 3. The van der Waals surface area contributed by atoms with Crippen molar-refractivity contribution < 1.29 is 42.1 Å². The number of hydrogen-bond donors (Lipinski definition) is 2. The Kier molecular flexibility index (Phi) is 15.0. The number of benzene rings is 2. The predicted octanol–water partition coefficient (Wildman–Crippen LogP) is 4.04. The molecular weight excluding hydrogens is 688 g/mol. The summed E-state index contributed by atoms with van der Waals surface area (Å²) in [4.78, 5) is 43.7. The standard InChI is InChI=1S/C39H53F2N5O7/c1-27(42-2)37(47)43-35(29-12-8-5-9-13-29)39(49)46-16-14-45(15-17-46)38(48)33-24-30-32(44(33)3)25-31(40)34(41)36(30)53-23-22-51-19-18-50-20-21-52-26-28-10-6-4-7-11-28/h4,6-7,10-11,24-25,27,29,35,42H,5,8-9,12-23,26H2,1-3H3,(H,43,47)/t27?,35-/m0/s1. The number of amides is 3. The summed E-state index contributed by atoms with van der Waals surface area (Å²) in [7, 11) is 3.33. The number of likely N-dealkylation sites (N-methyl/N-ethyl adjacent to an activating group) is 1. The fraction of sp³-hybridized carbons (Fsp3) is 0.564. The summed E-state index contributed by atoms with van der Waals surface area (Å²) < 4.78 is 53.6. The first-order valence-electron chi connectivity index (χ1n) is 18.6. The smallest absolute Gasteiger partial charge is 0.270 e. The van der Waals surface area contributed by atoms with Gasteiger partial charge in [0.05, 0.1) is 51.2 Å². The normalized spacial score (nSPS) is 16.5. The monoisotopic (exact) mass is 741 g/mol. The number of hydrogen-bond acceptors (Lipinski definition) is 8. The van der Waals surface area contributed by atoms with Gasteiger partial charge in [-0.15, -0.1) is 0 Å². The largest absolute Gasteiger partial charge is 0.487 e. The molecule has 1 aromatic heterocycles. The highest BCUT2D eigenvalue weighted by molar-refractivity contribution is 6.00. The Morgan fingerprint density at radius 1 is 0.849 bits per heavy atom.